The second-order valence-corrected chi connectivity index (χ2v) is 7.08. The second kappa shape index (κ2) is 6.44. The molecule has 21 heavy (non-hydrogen) atoms. The maximum absolute atomic E-state index is 12.1. The molecule has 6 nitrogen and oxygen atoms in total. The number of sulfonamides is 1. The molecule has 0 aromatic carbocycles. The average molecular weight is 312 g/mol. The van der Waals surface area contributed by atoms with Gasteiger partial charge in [0, 0.05) is 25.2 Å². The van der Waals surface area contributed by atoms with Crippen LogP contribution in [0.5, 0.6) is 0 Å². The highest BCUT2D eigenvalue weighted by Gasteiger charge is 2.24. The first-order valence-electron chi connectivity index (χ1n) is 6.84. The van der Waals surface area contributed by atoms with Gasteiger partial charge < -0.3 is 9.32 Å². The molecule has 1 fully saturated rings. The molecule has 0 aliphatic carbocycles. The summed E-state index contributed by atoms with van der Waals surface area (Å²) in [6.45, 7) is 2.88. The van der Waals surface area contributed by atoms with E-state index in [0.717, 1.165) is 24.9 Å². The lowest BCUT2D eigenvalue weighted by Crippen LogP contribution is -2.48. The van der Waals surface area contributed by atoms with Crippen molar-refractivity contribution in [2.75, 3.05) is 19.3 Å². The molecule has 0 saturated carbocycles. The zero-order valence-electron chi connectivity index (χ0n) is 12.2. The first kappa shape index (κ1) is 15.8. The normalized spacial score (nSPS) is 20.1. The third-order valence-electron chi connectivity index (χ3n) is 3.27. The van der Waals surface area contributed by atoms with Gasteiger partial charge >= 0.3 is 0 Å². The number of hydrogen-bond acceptors (Lipinski definition) is 4. The summed E-state index contributed by atoms with van der Waals surface area (Å²) in [5, 5.41) is 0. The molecule has 1 saturated heterocycles. The molecule has 1 N–H and O–H groups in total. The Balaban J connectivity index is 1.94. The number of carbonyl (C=O) groups excluding carboxylic acids is 1. The van der Waals surface area contributed by atoms with Gasteiger partial charge in [0.1, 0.15) is 11.5 Å². The van der Waals surface area contributed by atoms with Gasteiger partial charge in [-0.25, -0.2) is 13.1 Å². The number of carbonyl (C=O) groups is 1. The molecular weight excluding hydrogens is 292 g/mol. The van der Waals surface area contributed by atoms with Crippen molar-refractivity contribution in [3.05, 3.63) is 29.7 Å². The van der Waals surface area contributed by atoms with E-state index in [1.807, 2.05) is 13.0 Å². The highest BCUT2D eigenvalue weighted by molar-refractivity contribution is 7.88. The summed E-state index contributed by atoms with van der Waals surface area (Å²) in [6, 6.07) is 3.41. The Morgan fingerprint density at radius 3 is 2.86 bits per heavy atom. The highest BCUT2D eigenvalue weighted by Crippen LogP contribution is 2.13. The van der Waals surface area contributed by atoms with Gasteiger partial charge in [0.05, 0.1) is 6.26 Å². The van der Waals surface area contributed by atoms with Crippen molar-refractivity contribution < 1.29 is 17.6 Å². The molecule has 1 atom stereocenters. The number of amides is 1. The lowest BCUT2D eigenvalue weighted by Gasteiger charge is -2.32. The van der Waals surface area contributed by atoms with Crippen LogP contribution < -0.4 is 4.72 Å². The summed E-state index contributed by atoms with van der Waals surface area (Å²) in [4.78, 5) is 13.8. The SMILES string of the molecule is Cc1ccc(/C=C/C(=O)N2CCC[C@@H](NS(C)(=O)=O)C2)o1. The molecule has 1 amide bonds. The number of nitrogens with zero attached hydrogens (tertiary/aromatic N) is 1. The molecule has 7 heteroatoms. The van der Waals surface area contributed by atoms with E-state index in [2.05, 4.69) is 4.72 Å². The minimum Gasteiger partial charge on any atom is -0.462 e. The van der Waals surface area contributed by atoms with Crippen molar-refractivity contribution in [3.63, 3.8) is 0 Å². The molecule has 2 rings (SSSR count). The van der Waals surface area contributed by atoms with E-state index in [0.29, 0.717) is 18.8 Å². The highest BCUT2D eigenvalue weighted by atomic mass is 32.2. The van der Waals surface area contributed by atoms with Crippen LogP contribution in [0.1, 0.15) is 24.4 Å². The van der Waals surface area contributed by atoms with E-state index < -0.39 is 10.0 Å². The number of piperidine rings is 1. The van der Waals surface area contributed by atoms with Gasteiger partial charge in [-0.3, -0.25) is 4.79 Å². The molecule has 1 aromatic rings. The maximum Gasteiger partial charge on any atom is 0.246 e. The lowest BCUT2D eigenvalue weighted by molar-refractivity contribution is -0.127. The monoisotopic (exact) mass is 312 g/mol. The zero-order chi connectivity index (χ0) is 15.5. The third kappa shape index (κ3) is 5.02. The predicted octanol–water partition coefficient (Wildman–Crippen LogP) is 1.14. The lowest BCUT2D eigenvalue weighted by atomic mass is 10.1. The molecule has 0 spiro atoms. The third-order valence-corrected chi connectivity index (χ3v) is 4.03. The first-order valence-corrected chi connectivity index (χ1v) is 8.73. The van der Waals surface area contributed by atoms with Gasteiger partial charge in [-0.1, -0.05) is 0 Å². The van der Waals surface area contributed by atoms with Gasteiger partial charge in [-0.05, 0) is 38.0 Å². The van der Waals surface area contributed by atoms with Gasteiger partial charge in [0.2, 0.25) is 15.9 Å². The smallest absolute Gasteiger partial charge is 0.246 e. The van der Waals surface area contributed by atoms with Crippen LogP contribution in [0.4, 0.5) is 0 Å². The maximum atomic E-state index is 12.1. The fourth-order valence-corrected chi connectivity index (χ4v) is 3.18. The summed E-state index contributed by atoms with van der Waals surface area (Å²) < 4.78 is 30.4. The van der Waals surface area contributed by atoms with Gasteiger partial charge in [-0.15, -0.1) is 0 Å². The van der Waals surface area contributed by atoms with Crippen molar-refractivity contribution >= 4 is 22.0 Å². The summed E-state index contributed by atoms with van der Waals surface area (Å²) >= 11 is 0. The van der Waals surface area contributed by atoms with Crippen LogP contribution in [-0.2, 0) is 14.8 Å². The number of furan rings is 1. The quantitative estimate of drug-likeness (QED) is 0.846. The van der Waals surface area contributed by atoms with Crippen LogP contribution in [0, 0.1) is 6.92 Å². The van der Waals surface area contributed by atoms with Crippen molar-refractivity contribution in [1.29, 1.82) is 0 Å². The Kier molecular flexibility index (Phi) is 4.84. The number of rotatable bonds is 4. The molecular formula is C14H20N2O4S. The molecule has 1 aliphatic rings. The minimum absolute atomic E-state index is 0.135. The standard InChI is InChI=1S/C14H20N2O4S/c1-11-5-6-13(20-11)7-8-14(17)16-9-3-4-12(10-16)15-21(2,18)19/h5-8,12,15H,3-4,9-10H2,1-2H3/b8-7+/t12-/m1/s1. The first-order chi connectivity index (χ1) is 9.83. The van der Waals surface area contributed by atoms with E-state index in [4.69, 9.17) is 4.42 Å². The van der Waals surface area contributed by atoms with E-state index in [1.54, 1.807) is 17.0 Å². The second-order valence-electron chi connectivity index (χ2n) is 5.30. The molecule has 0 bridgehead atoms. The molecule has 0 radical (unpaired) electrons. The van der Waals surface area contributed by atoms with Crippen LogP contribution in [-0.4, -0.2) is 44.6 Å². The zero-order valence-corrected chi connectivity index (χ0v) is 13.0. The fourth-order valence-electron chi connectivity index (χ4n) is 2.38. The predicted molar refractivity (Wildman–Crippen MR) is 80.1 cm³/mol. The molecule has 2 heterocycles. The van der Waals surface area contributed by atoms with Crippen LogP contribution in [0.15, 0.2) is 22.6 Å². The number of likely N-dealkylation sites (tertiary alicyclic amines) is 1. The van der Waals surface area contributed by atoms with E-state index in [9.17, 15) is 13.2 Å². The molecule has 1 aliphatic heterocycles. The minimum atomic E-state index is -3.25. The number of nitrogens with one attached hydrogen (secondary N) is 1. The van der Waals surface area contributed by atoms with Crippen molar-refractivity contribution in [1.82, 2.24) is 9.62 Å². The van der Waals surface area contributed by atoms with Gasteiger partial charge in [0.15, 0.2) is 0 Å². The topological polar surface area (TPSA) is 79.6 Å². The fraction of sp³-hybridized carbons (Fsp3) is 0.500. The number of hydrogen-bond donors (Lipinski definition) is 1. The molecule has 1 aromatic heterocycles. The number of aryl methyl sites for hydroxylation is 1. The summed E-state index contributed by atoms with van der Waals surface area (Å²) in [6.07, 6.45) is 5.75. The van der Waals surface area contributed by atoms with Gasteiger partial charge in [-0.2, -0.15) is 0 Å². The largest absolute Gasteiger partial charge is 0.462 e. The Bertz CT molecular complexity index is 633. The summed E-state index contributed by atoms with van der Waals surface area (Å²) in [7, 11) is -3.25. The van der Waals surface area contributed by atoms with Crippen LogP contribution in [0.3, 0.4) is 0 Å². The Morgan fingerprint density at radius 1 is 1.48 bits per heavy atom. The van der Waals surface area contributed by atoms with E-state index >= 15 is 0 Å². The summed E-state index contributed by atoms with van der Waals surface area (Å²) in [5.74, 6) is 1.28. The molecule has 116 valence electrons. The van der Waals surface area contributed by atoms with Gasteiger partial charge in [0.25, 0.3) is 0 Å². The van der Waals surface area contributed by atoms with Crippen molar-refractivity contribution in [3.8, 4) is 0 Å². The van der Waals surface area contributed by atoms with Crippen molar-refractivity contribution in [2.45, 2.75) is 25.8 Å². The van der Waals surface area contributed by atoms with Crippen LogP contribution >= 0.6 is 0 Å². The molecule has 0 unspecified atom stereocenters. The van der Waals surface area contributed by atoms with Crippen LogP contribution in [0.2, 0.25) is 0 Å². The summed E-state index contributed by atoms with van der Waals surface area (Å²) in [5.41, 5.74) is 0. The van der Waals surface area contributed by atoms with Crippen molar-refractivity contribution in [2.24, 2.45) is 0 Å². The Morgan fingerprint density at radius 2 is 2.24 bits per heavy atom. The average Bonchev–Trinajstić information content (AvgIpc) is 2.80. The Hall–Kier alpha value is -1.60. The Labute approximate surface area is 124 Å². The van der Waals surface area contributed by atoms with E-state index in [1.165, 1.54) is 6.08 Å². The van der Waals surface area contributed by atoms with Crippen LogP contribution in [0.25, 0.3) is 6.08 Å². The van der Waals surface area contributed by atoms with E-state index in [-0.39, 0.29) is 11.9 Å².